The van der Waals surface area contributed by atoms with Crippen molar-refractivity contribution in [1.82, 2.24) is 10.2 Å². The van der Waals surface area contributed by atoms with Gasteiger partial charge >= 0.3 is 0 Å². The first-order valence-corrected chi connectivity index (χ1v) is 12.5. The predicted octanol–water partition coefficient (Wildman–Crippen LogP) is 3.36. The molecule has 2 aromatic carbocycles. The molecule has 0 aliphatic carbocycles. The van der Waals surface area contributed by atoms with Gasteiger partial charge in [0.25, 0.3) is 0 Å². The standard InChI is InChI=1S/C23H30ClN3O4S/c1-16(2)25-23(29)18(4)26(14-19-10-8-11-20(24)13-19)22(28)15-27(32(5,30)31)21-12-7-6-9-17(21)3/h6-13,16,18H,14-15H2,1-5H3,(H,25,29). The molecule has 174 valence electrons. The van der Waals surface area contributed by atoms with Crippen LogP contribution in [0.1, 0.15) is 31.9 Å². The number of para-hydroxylation sites is 1. The lowest BCUT2D eigenvalue weighted by molar-refractivity contribution is -0.139. The first kappa shape index (κ1) is 25.7. The summed E-state index contributed by atoms with van der Waals surface area (Å²) in [6.45, 7) is 6.74. The summed E-state index contributed by atoms with van der Waals surface area (Å²) >= 11 is 6.09. The quantitative estimate of drug-likeness (QED) is 0.597. The number of sulfonamides is 1. The van der Waals surface area contributed by atoms with E-state index in [9.17, 15) is 18.0 Å². The number of carbonyl (C=O) groups is 2. The van der Waals surface area contributed by atoms with Gasteiger partial charge in [-0.05, 0) is 57.0 Å². The summed E-state index contributed by atoms with van der Waals surface area (Å²) in [5, 5.41) is 3.31. The molecule has 0 saturated heterocycles. The van der Waals surface area contributed by atoms with Gasteiger partial charge in [0.1, 0.15) is 12.6 Å². The number of nitrogens with one attached hydrogen (secondary N) is 1. The van der Waals surface area contributed by atoms with Crippen LogP contribution in [-0.4, -0.2) is 50.0 Å². The lowest BCUT2D eigenvalue weighted by Crippen LogP contribution is -2.52. The number of aryl methyl sites for hydroxylation is 1. The number of halogens is 1. The van der Waals surface area contributed by atoms with Crippen LogP contribution in [0.3, 0.4) is 0 Å². The second-order valence-corrected chi connectivity index (χ2v) is 10.4. The highest BCUT2D eigenvalue weighted by Crippen LogP contribution is 2.23. The average molecular weight is 480 g/mol. The van der Waals surface area contributed by atoms with Crippen molar-refractivity contribution in [2.24, 2.45) is 0 Å². The summed E-state index contributed by atoms with van der Waals surface area (Å²) in [7, 11) is -3.75. The maximum Gasteiger partial charge on any atom is 0.244 e. The number of rotatable bonds is 9. The van der Waals surface area contributed by atoms with Gasteiger partial charge in [-0.3, -0.25) is 13.9 Å². The zero-order chi connectivity index (χ0) is 24.1. The lowest BCUT2D eigenvalue weighted by atomic mass is 10.1. The van der Waals surface area contributed by atoms with Crippen molar-refractivity contribution in [2.75, 3.05) is 17.1 Å². The first-order chi connectivity index (χ1) is 14.9. The Kier molecular flexibility index (Phi) is 8.69. The molecule has 0 fully saturated rings. The minimum Gasteiger partial charge on any atom is -0.352 e. The fourth-order valence-corrected chi connectivity index (χ4v) is 4.38. The summed E-state index contributed by atoms with van der Waals surface area (Å²) in [5.41, 5.74) is 1.87. The Morgan fingerprint density at radius 3 is 2.28 bits per heavy atom. The van der Waals surface area contributed by atoms with Crippen molar-refractivity contribution in [3.05, 3.63) is 64.7 Å². The fraction of sp³-hybridized carbons (Fsp3) is 0.391. The maximum atomic E-state index is 13.4. The summed E-state index contributed by atoms with van der Waals surface area (Å²) < 4.78 is 26.2. The van der Waals surface area contributed by atoms with Crippen LogP contribution in [0, 0.1) is 6.92 Å². The van der Waals surface area contributed by atoms with Gasteiger partial charge in [-0.1, -0.05) is 41.9 Å². The normalized spacial score (nSPS) is 12.3. The van der Waals surface area contributed by atoms with Crippen molar-refractivity contribution < 1.29 is 18.0 Å². The van der Waals surface area contributed by atoms with E-state index in [4.69, 9.17) is 11.6 Å². The van der Waals surface area contributed by atoms with Crippen molar-refractivity contribution in [3.8, 4) is 0 Å². The van der Waals surface area contributed by atoms with Crippen LogP contribution in [-0.2, 0) is 26.2 Å². The Labute approximate surface area is 195 Å². The molecule has 32 heavy (non-hydrogen) atoms. The molecule has 1 unspecified atom stereocenters. The van der Waals surface area contributed by atoms with Gasteiger partial charge in [0.2, 0.25) is 21.8 Å². The Bertz CT molecular complexity index is 1070. The molecule has 0 heterocycles. The third-order valence-corrected chi connectivity index (χ3v) is 6.27. The number of amides is 2. The van der Waals surface area contributed by atoms with Crippen molar-refractivity contribution in [2.45, 2.75) is 46.3 Å². The molecular formula is C23H30ClN3O4S. The highest BCUT2D eigenvalue weighted by Gasteiger charge is 2.30. The molecular weight excluding hydrogens is 450 g/mol. The average Bonchev–Trinajstić information content (AvgIpc) is 2.69. The molecule has 0 aliphatic rings. The molecule has 1 N–H and O–H groups in total. The summed E-state index contributed by atoms with van der Waals surface area (Å²) in [5.74, 6) is -0.817. The van der Waals surface area contributed by atoms with E-state index in [-0.39, 0.29) is 18.5 Å². The fourth-order valence-electron chi connectivity index (χ4n) is 3.26. The topological polar surface area (TPSA) is 86.8 Å². The second-order valence-electron chi connectivity index (χ2n) is 8.05. The largest absolute Gasteiger partial charge is 0.352 e. The molecule has 2 rings (SSSR count). The molecule has 0 bridgehead atoms. The molecule has 0 aromatic heterocycles. The van der Waals surface area contributed by atoms with E-state index in [1.807, 2.05) is 13.8 Å². The molecule has 1 atom stereocenters. The Hall–Kier alpha value is -2.58. The molecule has 0 radical (unpaired) electrons. The molecule has 2 amide bonds. The van der Waals surface area contributed by atoms with Crippen LogP contribution >= 0.6 is 11.6 Å². The number of hydrogen-bond donors (Lipinski definition) is 1. The Morgan fingerprint density at radius 1 is 1.06 bits per heavy atom. The van der Waals surface area contributed by atoms with Crippen molar-refractivity contribution >= 4 is 39.1 Å². The van der Waals surface area contributed by atoms with Gasteiger partial charge in [0.15, 0.2) is 0 Å². The zero-order valence-corrected chi connectivity index (χ0v) is 20.6. The van der Waals surface area contributed by atoms with E-state index < -0.39 is 28.5 Å². The van der Waals surface area contributed by atoms with Gasteiger partial charge in [0, 0.05) is 17.6 Å². The minimum absolute atomic E-state index is 0.104. The first-order valence-electron chi connectivity index (χ1n) is 10.3. The van der Waals surface area contributed by atoms with E-state index >= 15 is 0 Å². The lowest BCUT2D eigenvalue weighted by Gasteiger charge is -2.32. The second kappa shape index (κ2) is 10.8. The summed E-state index contributed by atoms with van der Waals surface area (Å²) in [4.78, 5) is 27.5. The van der Waals surface area contributed by atoms with E-state index in [0.717, 1.165) is 21.7 Å². The van der Waals surface area contributed by atoms with E-state index in [1.165, 1.54) is 4.90 Å². The van der Waals surface area contributed by atoms with E-state index in [1.54, 1.807) is 62.4 Å². The van der Waals surface area contributed by atoms with E-state index in [2.05, 4.69) is 5.32 Å². The predicted molar refractivity (Wildman–Crippen MR) is 128 cm³/mol. The van der Waals surface area contributed by atoms with Crippen molar-refractivity contribution in [1.29, 1.82) is 0 Å². The third-order valence-electron chi connectivity index (χ3n) is 4.90. The smallest absolute Gasteiger partial charge is 0.244 e. The van der Waals surface area contributed by atoms with Crippen LogP contribution in [0.2, 0.25) is 5.02 Å². The highest BCUT2D eigenvalue weighted by molar-refractivity contribution is 7.92. The SMILES string of the molecule is Cc1ccccc1N(CC(=O)N(Cc1cccc(Cl)c1)C(C)C(=O)NC(C)C)S(C)(=O)=O. The molecule has 0 saturated carbocycles. The van der Waals surface area contributed by atoms with Crippen LogP contribution < -0.4 is 9.62 Å². The van der Waals surface area contributed by atoms with Gasteiger partial charge in [0.05, 0.1) is 11.9 Å². The number of anilines is 1. The van der Waals surface area contributed by atoms with Gasteiger partial charge in [-0.15, -0.1) is 0 Å². The van der Waals surface area contributed by atoms with Crippen LogP contribution in [0.25, 0.3) is 0 Å². The van der Waals surface area contributed by atoms with Crippen LogP contribution in [0.15, 0.2) is 48.5 Å². The van der Waals surface area contributed by atoms with Crippen LogP contribution in [0.4, 0.5) is 5.69 Å². The highest BCUT2D eigenvalue weighted by atomic mass is 35.5. The van der Waals surface area contributed by atoms with Crippen LogP contribution in [0.5, 0.6) is 0 Å². The zero-order valence-electron chi connectivity index (χ0n) is 19.0. The number of benzene rings is 2. The third kappa shape index (κ3) is 6.97. The Balaban J connectivity index is 2.40. The number of hydrogen-bond acceptors (Lipinski definition) is 4. The monoisotopic (exact) mass is 479 g/mol. The molecule has 9 heteroatoms. The van der Waals surface area contributed by atoms with E-state index in [0.29, 0.717) is 10.7 Å². The summed E-state index contributed by atoms with van der Waals surface area (Å²) in [6, 6.07) is 13.0. The maximum absolute atomic E-state index is 13.4. The molecule has 0 aliphatic heterocycles. The summed E-state index contributed by atoms with van der Waals surface area (Å²) in [6.07, 6.45) is 1.06. The van der Waals surface area contributed by atoms with Gasteiger partial charge in [-0.2, -0.15) is 0 Å². The van der Waals surface area contributed by atoms with Gasteiger partial charge < -0.3 is 10.2 Å². The minimum atomic E-state index is -3.75. The van der Waals surface area contributed by atoms with Crippen molar-refractivity contribution in [3.63, 3.8) is 0 Å². The number of nitrogens with zero attached hydrogens (tertiary/aromatic N) is 2. The number of carbonyl (C=O) groups excluding carboxylic acids is 2. The Morgan fingerprint density at radius 2 is 1.72 bits per heavy atom. The molecule has 0 spiro atoms. The molecule has 2 aromatic rings. The van der Waals surface area contributed by atoms with Gasteiger partial charge in [-0.25, -0.2) is 8.42 Å². The molecule has 7 nitrogen and oxygen atoms in total.